The molecule has 0 saturated heterocycles. The molecule has 0 radical (unpaired) electrons. The van der Waals surface area contributed by atoms with Crippen LogP contribution in [0.4, 0.5) is 9.59 Å². The average molecular weight is 316 g/mol. The van der Waals surface area contributed by atoms with E-state index < -0.39 is 12.2 Å². The van der Waals surface area contributed by atoms with E-state index in [0.717, 1.165) is 38.5 Å². The van der Waals surface area contributed by atoms with E-state index in [2.05, 4.69) is 24.5 Å². The van der Waals surface area contributed by atoms with Gasteiger partial charge in [0.2, 0.25) is 0 Å². The molecule has 0 heterocycles. The van der Waals surface area contributed by atoms with Gasteiger partial charge in [-0.05, 0) is 12.8 Å². The van der Waals surface area contributed by atoms with Crippen molar-refractivity contribution in [3.8, 4) is 0 Å². The Morgan fingerprint density at radius 3 is 1.55 bits per heavy atom. The molecule has 6 nitrogen and oxygen atoms in total. The van der Waals surface area contributed by atoms with Crippen LogP contribution in [0.2, 0.25) is 0 Å². The van der Waals surface area contributed by atoms with Gasteiger partial charge in [0, 0.05) is 0 Å². The topological polar surface area (TPSA) is 76.7 Å². The molecule has 0 rings (SSSR count). The van der Waals surface area contributed by atoms with Crippen LogP contribution >= 0.6 is 0 Å². The molecule has 0 aliphatic heterocycles. The number of hydrogen-bond donors (Lipinski definition) is 2. The number of carbonyl (C=O) groups excluding carboxylic acids is 2. The van der Waals surface area contributed by atoms with E-state index in [1.165, 1.54) is 19.3 Å². The minimum absolute atomic E-state index is 0.0163. The first kappa shape index (κ1) is 20.5. The van der Waals surface area contributed by atoms with Crippen LogP contribution in [0, 0.1) is 0 Å². The molecule has 2 N–H and O–H groups in total. The van der Waals surface area contributed by atoms with Crippen molar-refractivity contribution >= 4 is 12.2 Å². The summed E-state index contributed by atoms with van der Waals surface area (Å²) in [5, 5.41) is 4.90. The van der Waals surface area contributed by atoms with Crippen LogP contribution in [0.25, 0.3) is 0 Å². The van der Waals surface area contributed by atoms with E-state index in [0.29, 0.717) is 13.2 Å². The number of hydrogen-bond acceptors (Lipinski definition) is 4. The monoisotopic (exact) mass is 316 g/mol. The first-order chi connectivity index (χ1) is 10.7. The van der Waals surface area contributed by atoms with E-state index in [9.17, 15) is 9.59 Å². The molecule has 0 saturated carbocycles. The molecule has 130 valence electrons. The van der Waals surface area contributed by atoms with Crippen molar-refractivity contribution in [1.82, 2.24) is 10.6 Å². The Balaban J connectivity index is 3.34. The number of alkyl carbamates (subject to hydrolysis) is 2. The fourth-order valence-electron chi connectivity index (χ4n) is 1.85. The van der Waals surface area contributed by atoms with Crippen LogP contribution in [0.3, 0.4) is 0 Å². The molecule has 6 heteroatoms. The highest BCUT2D eigenvalue weighted by molar-refractivity contribution is 5.69. The lowest BCUT2D eigenvalue weighted by Crippen LogP contribution is -2.38. The molecule has 0 aromatic heterocycles. The van der Waals surface area contributed by atoms with Gasteiger partial charge in [0.05, 0.1) is 19.9 Å². The molecule has 0 aliphatic rings. The van der Waals surface area contributed by atoms with Crippen LogP contribution in [0.1, 0.15) is 71.6 Å². The van der Waals surface area contributed by atoms with Crippen molar-refractivity contribution in [3.05, 3.63) is 0 Å². The van der Waals surface area contributed by atoms with E-state index in [4.69, 9.17) is 9.47 Å². The van der Waals surface area contributed by atoms with Gasteiger partial charge in [-0.3, -0.25) is 0 Å². The van der Waals surface area contributed by atoms with Crippen LogP contribution in [0.5, 0.6) is 0 Å². The molecule has 0 unspecified atom stereocenters. The second-order valence-corrected chi connectivity index (χ2v) is 5.28. The first-order valence-electron chi connectivity index (χ1n) is 8.52. The van der Waals surface area contributed by atoms with Gasteiger partial charge < -0.3 is 20.1 Å². The van der Waals surface area contributed by atoms with Crippen molar-refractivity contribution in [1.29, 1.82) is 0 Å². The fraction of sp³-hybridized carbons (Fsp3) is 0.875. The van der Waals surface area contributed by atoms with Gasteiger partial charge in [0.15, 0.2) is 0 Å². The maximum absolute atomic E-state index is 11.3. The lowest BCUT2D eigenvalue weighted by Gasteiger charge is -2.09. The Morgan fingerprint density at radius 2 is 1.09 bits per heavy atom. The molecule has 0 bridgehead atoms. The van der Waals surface area contributed by atoms with Crippen LogP contribution in [0.15, 0.2) is 0 Å². The number of rotatable bonds is 13. The third-order valence-corrected chi connectivity index (χ3v) is 3.18. The van der Waals surface area contributed by atoms with Gasteiger partial charge in [-0.1, -0.05) is 58.8 Å². The van der Waals surface area contributed by atoms with Gasteiger partial charge in [0.1, 0.15) is 0 Å². The van der Waals surface area contributed by atoms with Crippen molar-refractivity contribution < 1.29 is 19.1 Å². The quantitative estimate of drug-likeness (QED) is 0.398. The van der Waals surface area contributed by atoms with Crippen molar-refractivity contribution in [3.63, 3.8) is 0 Å². The van der Waals surface area contributed by atoms with Gasteiger partial charge in [0.25, 0.3) is 0 Å². The molecule has 0 aromatic rings. The lowest BCUT2D eigenvalue weighted by atomic mass is 10.2. The number of unbranched alkanes of at least 4 members (excludes halogenated alkanes) is 7. The maximum Gasteiger partial charge on any atom is 0.408 e. The van der Waals surface area contributed by atoms with Gasteiger partial charge in [-0.25, -0.2) is 9.59 Å². The fourth-order valence-corrected chi connectivity index (χ4v) is 1.85. The van der Waals surface area contributed by atoms with Gasteiger partial charge in [-0.15, -0.1) is 0 Å². The second-order valence-electron chi connectivity index (χ2n) is 5.28. The zero-order valence-electron chi connectivity index (χ0n) is 14.1. The molecule has 2 amide bonds. The molecule has 0 aliphatic carbocycles. The molecule has 0 fully saturated rings. The van der Waals surface area contributed by atoms with E-state index in [-0.39, 0.29) is 6.67 Å². The Kier molecular flexibility index (Phi) is 14.9. The number of amides is 2. The van der Waals surface area contributed by atoms with Crippen LogP contribution < -0.4 is 10.6 Å². The summed E-state index contributed by atoms with van der Waals surface area (Å²) in [5.41, 5.74) is 0. The largest absolute Gasteiger partial charge is 0.450 e. The maximum atomic E-state index is 11.3. The second kappa shape index (κ2) is 15.9. The van der Waals surface area contributed by atoms with Crippen molar-refractivity contribution in [2.24, 2.45) is 0 Å². The minimum Gasteiger partial charge on any atom is -0.450 e. The van der Waals surface area contributed by atoms with Gasteiger partial charge in [-0.2, -0.15) is 0 Å². The third-order valence-electron chi connectivity index (χ3n) is 3.18. The first-order valence-corrected chi connectivity index (χ1v) is 8.52. The summed E-state index contributed by atoms with van der Waals surface area (Å²) in [5.74, 6) is 0. The Labute approximate surface area is 134 Å². The molecule has 22 heavy (non-hydrogen) atoms. The van der Waals surface area contributed by atoms with Crippen molar-refractivity contribution in [2.75, 3.05) is 19.9 Å². The molecular formula is C16H32N2O4. The highest BCUT2D eigenvalue weighted by atomic mass is 16.6. The summed E-state index contributed by atoms with van der Waals surface area (Å²) in [7, 11) is 0. The Bertz CT molecular complexity index is 285. The normalized spacial score (nSPS) is 10.1. The lowest BCUT2D eigenvalue weighted by molar-refractivity contribution is 0.135. The summed E-state index contributed by atoms with van der Waals surface area (Å²) in [4.78, 5) is 22.6. The highest BCUT2D eigenvalue weighted by Gasteiger charge is 2.04. The third kappa shape index (κ3) is 14.9. The Hall–Kier alpha value is -1.46. The number of nitrogens with one attached hydrogen (secondary N) is 2. The van der Waals surface area contributed by atoms with E-state index in [1.807, 2.05) is 0 Å². The SMILES string of the molecule is CCCCCCCOC(=O)NCNC(=O)OCCCCCC. The van der Waals surface area contributed by atoms with Crippen molar-refractivity contribution in [2.45, 2.75) is 71.6 Å². The predicted octanol–water partition coefficient (Wildman–Crippen LogP) is 3.95. The average Bonchev–Trinajstić information content (AvgIpc) is 2.50. The Morgan fingerprint density at radius 1 is 0.682 bits per heavy atom. The van der Waals surface area contributed by atoms with E-state index in [1.54, 1.807) is 0 Å². The van der Waals surface area contributed by atoms with Crippen LogP contribution in [-0.4, -0.2) is 32.1 Å². The van der Waals surface area contributed by atoms with Gasteiger partial charge >= 0.3 is 12.2 Å². The molecule has 0 spiro atoms. The number of carbonyl (C=O) groups is 2. The molecule has 0 aromatic carbocycles. The zero-order chi connectivity index (χ0) is 16.5. The summed E-state index contributed by atoms with van der Waals surface area (Å²) in [6.45, 7) is 5.13. The summed E-state index contributed by atoms with van der Waals surface area (Å²) in [6, 6.07) is 0. The molecular weight excluding hydrogens is 284 g/mol. The zero-order valence-corrected chi connectivity index (χ0v) is 14.1. The summed E-state index contributed by atoms with van der Waals surface area (Å²) in [6.07, 6.45) is 8.74. The summed E-state index contributed by atoms with van der Waals surface area (Å²) >= 11 is 0. The smallest absolute Gasteiger partial charge is 0.408 e. The predicted molar refractivity (Wildman–Crippen MR) is 86.7 cm³/mol. The number of ether oxygens (including phenoxy) is 2. The molecule has 0 atom stereocenters. The van der Waals surface area contributed by atoms with Crippen LogP contribution in [-0.2, 0) is 9.47 Å². The highest BCUT2D eigenvalue weighted by Crippen LogP contribution is 2.02. The van der Waals surface area contributed by atoms with E-state index >= 15 is 0 Å². The summed E-state index contributed by atoms with van der Waals surface area (Å²) < 4.78 is 9.95. The standard InChI is InChI=1S/C16H32N2O4/c1-3-5-7-9-11-13-22-16(20)18-14-17-15(19)21-12-10-8-6-4-2/h3-14H2,1-2H3,(H,17,19)(H,18,20). The minimum atomic E-state index is -0.517.